The largest absolute Gasteiger partial charge is 0.506 e. The highest BCUT2D eigenvalue weighted by Crippen LogP contribution is 2.36. The molecule has 176 valence electrons. The Bertz CT molecular complexity index is 910. The molecule has 0 saturated heterocycles. The molecule has 0 heterocycles. The number of benzene rings is 2. The Labute approximate surface area is 197 Å². The zero-order chi connectivity index (χ0) is 23.9. The van der Waals surface area contributed by atoms with Crippen molar-refractivity contribution < 1.29 is 23.5 Å². The maximum absolute atomic E-state index is 13.0. The van der Waals surface area contributed by atoms with Crippen LogP contribution in [0.15, 0.2) is 72.8 Å². The van der Waals surface area contributed by atoms with E-state index in [4.69, 9.17) is 13.9 Å². The summed E-state index contributed by atoms with van der Waals surface area (Å²) in [5.74, 6) is -1.07. The third-order valence-electron chi connectivity index (χ3n) is 6.22. The standard InChI is InChI=1S/C27H34O5Si/c1-27(2,3)33(23-14-7-5-8-15-23,24-16-9-6-10-17-24)32-26(29)19-18-25(28)31-22-13-11-12-21(20-22)30-4/h5-10,14-19,21-22H,11-13,20H2,1-4H3/b19-18+. The van der Waals surface area contributed by atoms with Gasteiger partial charge in [-0.2, -0.15) is 0 Å². The van der Waals surface area contributed by atoms with Crippen LogP contribution in [0.4, 0.5) is 0 Å². The number of ether oxygens (including phenoxy) is 2. The van der Waals surface area contributed by atoms with Crippen LogP contribution in [-0.4, -0.2) is 39.6 Å². The van der Waals surface area contributed by atoms with Gasteiger partial charge in [0.1, 0.15) is 6.10 Å². The van der Waals surface area contributed by atoms with Gasteiger partial charge in [0.25, 0.3) is 0 Å². The monoisotopic (exact) mass is 466 g/mol. The quantitative estimate of drug-likeness (QED) is 0.349. The lowest BCUT2D eigenvalue weighted by molar-refractivity contribution is -0.147. The first kappa shape index (κ1) is 24.9. The maximum atomic E-state index is 13.0. The summed E-state index contributed by atoms with van der Waals surface area (Å²) in [6, 6.07) is 19.8. The van der Waals surface area contributed by atoms with Gasteiger partial charge in [-0.3, -0.25) is 0 Å². The Hall–Kier alpha value is -2.70. The summed E-state index contributed by atoms with van der Waals surface area (Å²) >= 11 is 0. The van der Waals surface area contributed by atoms with Crippen LogP contribution in [0.2, 0.25) is 5.04 Å². The summed E-state index contributed by atoms with van der Waals surface area (Å²) in [5.41, 5.74) is 0. The van der Waals surface area contributed by atoms with Crippen LogP contribution in [0.1, 0.15) is 46.5 Å². The van der Waals surface area contributed by atoms with Crippen molar-refractivity contribution in [1.29, 1.82) is 0 Å². The van der Waals surface area contributed by atoms with Crippen LogP contribution >= 0.6 is 0 Å². The summed E-state index contributed by atoms with van der Waals surface area (Å²) in [4.78, 5) is 25.4. The van der Waals surface area contributed by atoms with E-state index in [1.165, 1.54) is 12.2 Å². The Balaban J connectivity index is 1.81. The molecule has 0 radical (unpaired) electrons. The highest BCUT2D eigenvalue weighted by Gasteiger charge is 2.52. The summed E-state index contributed by atoms with van der Waals surface area (Å²) in [7, 11) is -1.33. The van der Waals surface area contributed by atoms with Gasteiger partial charge in [0.05, 0.1) is 6.10 Å². The second-order valence-corrected chi connectivity index (χ2v) is 13.7. The average Bonchev–Trinajstić information content (AvgIpc) is 2.81. The minimum atomic E-state index is -3.01. The van der Waals surface area contributed by atoms with Crippen molar-refractivity contribution in [2.45, 2.75) is 63.7 Å². The number of methoxy groups -OCH3 is 1. The van der Waals surface area contributed by atoms with E-state index >= 15 is 0 Å². The molecule has 2 unspecified atom stereocenters. The smallest absolute Gasteiger partial charge is 0.331 e. The Kier molecular flexibility index (Phi) is 8.27. The van der Waals surface area contributed by atoms with E-state index in [0.717, 1.165) is 29.6 Å². The highest BCUT2D eigenvalue weighted by atomic mass is 28.4. The molecular weight excluding hydrogens is 432 g/mol. The molecular formula is C27H34O5Si. The van der Waals surface area contributed by atoms with Crippen LogP contribution in [0.25, 0.3) is 0 Å². The van der Waals surface area contributed by atoms with Gasteiger partial charge in [-0.05, 0) is 34.7 Å². The number of esters is 1. The molecule has 5 nitrogen and oxygen atoms in total. The Morgan fingerprint density at radius 1 is 0.848 bits per heavy atom. The molecule has 3 rings (SSSR count). The van der Waals surface area contributed by atoms with Crippen molar-refractivity contribution in [3.63, 3.8) is 0 Å². The van der Waals surface area contributed by atoms with Crippen molar-refractivity contribution in [3.8, 4) is 0 Å². The van der Waals surface area contributed by atoms with Crippen molar-refractivity contribution in [2.75, 3.05) is 7.11 Å². The van der Waals surface area contributed by atoms with Crippen LogP contribution in [0, 0.1) is 0 Å². The van der Waals surface area contributed by atoms with Gasteiger partial charge in [-0.15, -0.1) is 0 Å². The molecule has 0 amide bonds. The first-order valence-corrected chi connectivity index (χ1v) is 13.4. The van der Waals surface area contributed by atoms with Gasteiger partial charge in [0.15, 0.2) is 0 Å². The maximum Gasteiger partial charge on any atom is 0.331 e. The topological polar surface area (TPSA) is 61.8 Å². The Morgan fingerprint density at radius 2 is 1.36 bits per heavy atom. The van der Waals surface area contributed by atoms with Crippen molar-refractivity contribution >= 4 is 30.6 Å². The van der Waals surface area contributed by atoms with Crippen molar-refractivity contribution in [1.82, 2.24) is 0 Å². The van der Waals surface area contributed by atoms with Crippen LogP contribution in [-0.2, 0) is 23.5 Å². The Morgan fingerprint density at radius 3 is 1.88 bits per heavy atom. The summed E-state index contributed by atoms with van der Waals surface area (Å²) < 4.78 is 17.3. The van der Waals surface area contributed by atoms with E-state index in [-0.39, 0.29) is 17.2 Å². The molecule has 2 atom stereocenters. The molecule has 0 bridgehead atoms. The SMILES string of the molecule is COC1CCCC(OC(=O)/C=C/C(=O)O[Si](c2ccccc2)(c2ccccc2)C(C)(C)C)C1. The van der Waals surface area contributed by atoms with E-state index in [2.05, 4.69) is 20.8 Å². The number of carbonyl (C=O) groups is 2. The van der Waals surface area contributed by atoms with Crippen molar-refractivity contribution in [2.24, 2.45) is 0 Å². The second-order valence-electron chi connectivity index (χ2n) is 9.50. The summed E-state index contributed by atoms with van der Waals surface area (Å²) in [6.45, 7) is 6.29. The van der Waals surface area contributed by atoms with Crippen LogP contribution in [0.5, 0.6) is 0 Å². The van der Waals surface area contributed by atoms with Gasteiger partial charge in [0.2, 0.25) is 0 Å². The number of hydrogen-bond acceptors (Lipinski definition) is 5. The molecule has 1 saturated carbocycles. The predicted molar refractivity (Wildman–Crippen MR) is 132 cm³/mol. The third-order valence-corrected chi connectivity index (χ3v) is 11.1. The average molecular weight is 467 g/mol. The van der Waals surface area contributed by atoms with E-state index in [0.29, 0.717) is 6.42 Å². The summed E-state index contributed by atoms with van der Waals surface area (Å²) in [5, 5.41) is 1.67. The molecule has 2 aromatic carbocycles. The predicted octanol–water partition coefficient (Wildman–Crippen LogP) is 4.15. The first-order valence-electron chi connectivity index (χ1n) is 11.5. The zero-order valence-electron chi connectivity index (χ0n) is 20.0. The lowest BCUT2D eigenvalue weighted by Gasteiger charge is -2.41. The number of carbonyl (C=O) groups excluding carboxylic acids is 2. The van der Waals surface area contributed by atoms with Gasteiger partial charge in [-0.1, -0.05) is 81.4 Å². The van der Waals surface area contributed by atoms with Crippen molar-refractivity contribution in [3.05, 3.63) is 72.8 Å². The molecule has 1 fully saturated rings. The molecule has 6 heteroatoms. The molecule has 0 N–H and O–H groups in total. The molecule has 1 aliphatic carbocycles. The fraction of sp³-hybridized carbons (Fsp3) is 0.407. The van der Waals surface area contributed by atoms with Gasteiger partial charge < -0.3 is 13.9 Å². The van der Waals surface area contributed by atoms with Crippen LogP contribution < -0.4 is 10.4 Å². The molecule has 1 aliphatic rings. The lowest BCUT2D eigenvalue weighted by atomic mass is 9.95. The highest BCUT2D eigenvalue weighted by molar-refractivity contribution is 7.00. The fourth-order valence-electron chi connectivity index (χ4n) is 4.60. The van der Waals surface area contributed by atoms with Crippen LogP contribution in [0.3, 0.4) is 0 Å². The van der Waals surface area contributed by atoms with E-state index in [1.807, 2.05) is 60.7 Å². The number of rotatable bonds is 7. The minimum Gasteiger partial charge on any atom is -0.506 e. The van der Waals surface area contributed by atoms with E-state index in [9.17, 15) is 9.59 Å². The van der Waals surface area contributed by atoms with Gasteiger partial charge >= 0.3 is 20.3 Å². The second kappa shape index (κ2) is 10.9. The molecule has 33 heavy (non-hydrogen) atoms. The number of hydrogen-bond donors (Lipinski definition) is 0. The van der Waals surface area contributed by atoms with E-state index < -0.39 is 20.3 Å². The van der Waals surface area contributed by atoms with Gasteiger partial charge in [-0.25, -0.2) is 9.59 Å². The van der Waals surface area contributed by atoms with E-state index in [1.54, 1.807) is 7.11 Å². The first-order chi connectivity index (χ1) is 15.8. The molecule has 2 aromatic rings. The van der Waals surface area contributed by atoms with Gasteiger partial charge in [0, 0.05) is 25.7 Å². The minimum absolute atomic E-state index is 0.112. The lowest BCUT2D eigenvalue weighted by Crippen LogP contribution is -2.67. The fourth-order valence-corrected chi connectivity index (χ4v) is 8.90. The zero-order valence-corrected chi connectivity index (χ0v) is 21.0. The molecule has 0 aromatic heterocycles. The summed E-state index contributed by atoms with van der Waals surface area (Å²) in [6.07, 6.45) is 5.72. The third kappa shape index (κ3) is 6.00. The molecule has 0 aliphatic heterocycles. The molecule has 0 spiro atoms. The normalized spacial score (nSPS) is 19.3.